The second-order valence-electron chi connectivity index (χ2n) is 5.94. The van der Waals surface area contributed by atoms with Gasteiger partial charge in [0.15, 0.2) is 0 Å². The van der Waals surface area contributed by atoms with Gasteiger partial charge in [-0.25, -0.2) is 9.78 Å². The predicted molar refractivity (Wildman–Crippen MR) is 90.4 cm³/mol. The van der Waals surface area contributed by atoms with Gasteiger partial charge >= 0.3 is 5.69 Å². The molecule has 5 rings (SSSR count). The molecule has 3 N–H and O–H groups in total. The topological polar surface area (TPSA) is 99.4 Å². The van der Waals surface area contributed by atoms with Gasteiger partial charge in [0.2, 0.25) is 5.88 Å². The average molecular weight is 321 g/mol. The molecule has 1 aliphatic carbocycles. The largest absolute Gasteiger partial charge is 0.478 e. The molecule has 0 fully saturated rings. The highest BCUT2D eigenvalue weighted by Crippen LogP contribution is 2.39. The molecule has 0 aliphatic heterocycles. The van der Waals surface area contributed by atoms with E-state index in [4.69, 9.17) is 9.72 Å². The van der Waals surface area contributed by atoms with Gasteiger partial charge in [-0.1, -0.05) is 0 Å². The van der Waals surface area contributed by atoms with Crippen LogP contribution in [-0.2, 0) is 12.8 Å². The molecule has 0 atom stereocenters. The maximum Gasteiger partial charge on any atom is 0.348 e. The first kappa shape index (κ1) is 13.4. The van der Waals surface area contributed by atoms with Gasteiger partial charge in [-0.3, -0.25) is 0 Å². The molecule has 120 valence electrons. The zero-order valence-corrected chi connectivity index (χ0v) is 13.1. The summed E-state index contributed by atoms with van der Waals surface area (Å²) < 4.78 is 5.56. The van der Waals surface area contributed by atoms with Gasteiger partial charge < -0.3 is 19.9 Å². The number of aromatic amines is 3. The Morgan fingerprint density at radius 3 is 2.96 bits per heavy atom. The van der Waals surface area contributed by atoms with Gasteiger partial charge in [0.05, 0.1) is 29.0 Å². The minimum Gasteiger partial charge on any atom is -0.478 e. The van der Waals surface area contributed by atoms with E-state index in [1.807, 2.05) is 19.2 Å². The third kappa shape index (κ3) is 1.75. The molecule has 0 unspecified atom stereocenters. The monoisotopic (exact) mass is 321 g/mol. The summed E-state index contributed by atoms with van der Waals surface area (Å²) in [6, 6.07) is 4.17. The van der Waals surface area contributed by atoms with Crippen molar-refractivity contribution >= 4 is 21.8 Å². The van der Waals surface area contributed by atoms with Crippen molar-refractivity contribution < 1.29 is 4.74 Å². The lowest BCUT2D eigenvalue weighted by molar-refractivity contribution is 0.321. The van der Waals surface area contributed by atoms with E-state index in [9.17, 15) is 4.79 Å². The summed E-state index contributed by atoms with van der Waals surface area (Å²) in [5.74, 6) is 0.427. The summed E-state index contributed by atoms with van der Waals surface area (Å²) in [5.41, 5.74) is 5.21. The van der Waals surface area contributed by atoms with Crippen LogP contribution < -0.4 is 10.4 Å². The van der Waals surface area contributed by atoms with Gasteiger partial charge in [0, 0.05) is 22.5 Å². The highest BCUT2D eigenvalue weighted by molar-refractivity contribution is 6.00. The molecular formula is C17H15N5O2. The third-order valence-electron chi connectivity index (χ3n) is 4.58. The van der Waals surface area contributed by atoms with Crippen LogP contribution in [-0.4, -0.2) is 31.8 Å². The van der Waals surface area contributed by atoms with Crippen molar-refractivity contribution in [2.45, 2.75) is 19.8 Å². The molecule has 24 heavy (non-hydrogen) atoms. The second kappa shape index (κ2) is 4.70. The van der Waals surface area contributed by atoms with Crippen molar-refractivity contribution in [1.82, 2.24) is 25.1 Å². The first-order chi connectivity index (χ1) is 11.7. The molecular weight excluding hydrogens is 306 g/mol. The van der Waals surface area contributed by atoms with Gasteiger partial charge in [0.25, 0.3) is 0 Å². The molecule has 7 heteroatoms. The molecule has 7 nitrogen and oxygen atoms in total. The van der Waals surface area contributed by atoms with Crippen molar-refractivity contribution in [3.05, 3.63) is 39.9 Å². The number of H-pyrrole nitrogens is 3. The van der Waals surface area contributed by atoms with Crippen LogP contribution in [0.3, 0.4) is 0 Å². The molecule has 0 saturated heterocycles. The quantitative estimate of drug-likeness (QED) is 0.527. The summed E-state index contributed by atoms with van der Waals surface area (Å²) in [4.78, 5) is 23.5. The Labute approximate surface area is 136 Å². The van der Waals surface area contributed by atoms with Crippen LogP contribution in [0.1, 0.15) is 18.1 Å². The number of nitrogens with one attached hydrogen (secondary N) is 3. The third-order valence-corrected chi connectivity index (χ3v) is 4.58. The fraction of sp³-hybridized carbons (Fsp3) is 0.235. The first-order valence-corrected chi connectivity index (χ1v) is 7.99. The van der Waals surface area contributed by atoms with Gasteiger partial charge in [-0.05, 0) is 37.5 Å². The van der Waals surface area contributed by atoms with E-state index in [2.05, 4.69) is 26.2 Å². The lowest BCUT2D eigenvalue weighted by Gasteiger charge is -2.17. The molecule has 0 radical (unpaired) electrons. The summed E-state index contributed by atoms with van der Waals surface area (Å²) in [6.07, 6.45) is 3.57. The van der Waals surface area contributed by atoms with Crippen LogP contribution in [0.4, 0.5) is 0 Å². The summed E-state index contributed by atoms with van der Waals surface area (Å²) in [6.45, 7) is 2.37. The SMILES string of the molecule is CCOc1nc(=O)[nH]c2c1CCc1c-2nc2cc3[nH][nH]cc3cc12. The number of aryl methyl sites for hydroxylation is 1. The fourth-order valence-electron chi connectivity index (χ4n) is 3.55. The van der Waals surface area contributed by atoms with Crippen LogP contribution in [0.25, 0.3) is 33.2 Å². The lowest BCUT2D eigenvalue weighted by atomic mass is 9.93. The number of nitrogens with zero attached hydrogens (tertiary/aromatic N) is 2. The molecule has 0 bridgehead atoms. The number of fused-ring (bicyclic) bond motifs is 6. The van der Waals surface area contributed by atoms with Crippen LogP contribution in [0.15, 0.2) is 23.1 Å². The maximum atomic E-state index is 11.9. The Morgan fingerprint density at radius 2 is 2.08 bits per heavy atom. The number of rotatable bonds is 2. The molecule has 3 aromatic heterocycles. The van der Waals surface area contributed by atoms with Crippen LogP contribution in [0.5, 0.6) is 5.88 Å². The smallest absolute Gasteiger partial charge is 0.348 e. The van der Waals surface area contributed by atoms with Crippen LogP contribution in [0, 0.1) is 0 Å². The van der Waals surface area contributed by atoms with Crippen molar-refractivity contribution in [3.63, 3.8) is 0 Å². The molecule has 0 spiro atoms. The van der Waals surface area contributed by atoms with Crippen molar-refractivity contribution in [3.8, 4) is 17.3 Å². The number of hydrogen-bond acceptors (Lipinski definition) is 4. The van der Waals surface area contributed by atoms with Crippen molar-refractivity contribution in [2.75, 3.05) is 6.61 Å². The summed E-state index contributed by atoms with van der Waals surface area (Å²) >= 11 is 0. The van der Waals surface area contributed by atoms with Crippen LogP contribution >= 0.6 is 0 Å². The standard InChI is InChI=1S/C17H15N5O2/c1-2-24-16-10-4-3-9-11-5-8-7-18-22-12(8)6-13(11)19-14(9)15(10)20-17(23)21-16/h5-7,18,22H,2-4H2,1H3,(H,20,21,23). The minimum atomic E-state index is -0.404. The second-order valence-corrected chi connectivity index (χ2v) is 5.94. The summed E-state index contributed by atoms with van der Waals surface area (Å²) in [5, 5.41) is 8.34. The van der Waals surface area contributed by atoms with Crippen molar-refractivity contribution in [1.29, 1.82) is 0 Å². The highest BCUT2D eigenvalue weighted by atomic mass is 16.5. The number of benzene rings is 1. The molecule has 1 aromatic carbocycles. The zero-order chi connectivity index (χ0) is 16.3. The van der Waals surface area contributed by atoms with Gasteiger partial charge in [-0.2, -0.15) is 4.98 Å². The molecule has 3 heterocycles. The molecule has 1 aliphatic rings. The number of hydrogen-bond donors (Lipinski definition) is 3. The van der Waals surface area contributed by atoms with E-state index in [-0.39, 0.29) is 0 Å². The summed E-state index contributed by atoms with van der Waals surface area (Å²) in [7, 11) is 0. The van der Waals surface area contributed by atoms with Crippen LogP contribution in [0.2, 0.25) is 0 Å². The van der Waals surface area contributed by atoms with E-state index in [1.165, 1.54) is 5.56 Å². The van der Waals surface area contributed by atoms with Gasteiger partial charge in [-0.15, -0.1) is 0 Å². The Morgan fingerprint density at radius 1 is 1.21 bits per heavy atom. The van der Waals surface area contributed by atoms with E-state index >= 15 is 0 Å². The van der Waals surface area contributed by atoms with E-state index in [0.717, 1.165) is 51.6 Å². The van der Waals surface area contributed by atoms with Gasteiger partial charge in [0.1, 0.15) is 0 Å². The van der Waals surface area contributed by atoms with E-state index in [0.29, 0.717) is 12.5 Å². The number of aromatic nitrogens is 5. The molecule has 0 amide bonds. The maximum absolute atomic E-state index is 11.9. The predicted octanol–water partition coefficient (Wildman–Crippen LogP) is 2.29. The van der Waals surface area contributed by atoms with E-state index in [1.54, 1.807) is 0 Å². The molecule has 4 aromatic rings. The Hall–Kier alpha value is -3.09. The molecule has 0 saturated carbocycles. The number of ether oxygens (including phenoxy) is 1. The minimum absolute atomic E-state index is 0.404. The fourth-order valence-corrected chi connectivity index (χ4v) is 3.55. The Kier molecular flexibility index (Phi) is 2.62. The Bertz CT molecular complexity index is 1150. The average Bonchev–Trinajstić information content (AvgIpc) is 3.16. The zero-order valence-electron chi connectivity index (χ0n) is 13.1. The van der Waals surface area contributed by atoms with Crippen molar-refractivity contribution in [2.24, 2.45) is 0 Å². The van der Waals surface area contributed by atoms with E-state index < -0.39 is 5.69 Å². The first-order valence-electron chi connectivity index (χ1n) is 7.99. The Balaban J connectivity index is 1.82. The highest BCUT2D eigenvalue weighted by Gasteiger charge is 2.26. The lowest BCUT2D eigenvalue weighted by Crippen LogP contribution is -2.19. The normalized spacial score (nSPS) is 13.2.